The van der Waals surface area contributed by atoms with E-state index in [1.807, 2.05) is 11.8 Å². The van der Waals surface area contributed by atoms with Crippen LogP contribution < -0.4 is 5.32 Å². The summed E-state index contributed by atoms with van der Waals surface area (Å²) < 4.78 is 5.93. The Morgan fingerprint density at radius 3 is 2.94 bits per heavy atom. The van der Waals surface area contributed by atoms with Gasteiger partial charge in [0.05, 0.1) is 5.60 Å². The Morgan fingerprint density at radius 1 is 1.38 bits per heavy atom. The Morgan fingerprint density at radius 2 is 2.25 bits per heavy atom. The molecule has 1 N–H and O–H groups in total. The van der Waals surface area contributed by atoms with Gasteiger partial charge in [-0.2, -0.15) is 11.8 Å². The van der Waals surface area contributed by atoms with Gasteiger partial charge in [-0.1, -0.05) is 0 Å². The maximum Gasteiger partial charge on any atom is 0.0697 e. The maximum absolute atomic E-state index is 5.93. The maximum atomic E-state index is 5.93. The monoisotopic (exact) mass is 243 g/mol. The van der Waals surface area contributed by atoms with E-state index in [0.29, 0.717) is 5.60 Å². The topological polar surface area (TPSA) is 21.3 Å². The zero-order valence-corrected chi connectivity index (χ0v) is 11.3. The fourth-order valence-electron chi connectivity index (χ4n) is 2.80. The van der Waals surface area contributed by atoms with E-state index in [1.165, 1.54) is 57.2 Å². The quantitative estimate of drug-likeness (QED) is 0.725. The highest BCUT2D eigenvalue weighted by molar-refractivity contribution is 7.98. The van der Waals surface area contributed by atoms with E-state index < -0.39 is 0 Å². The lowest BCUT2D eigenvalue weighted by Crippen LogP contribution is -2.51. The molecule has 0 aromatic rings. The van der Waals surface area contributed by atoms with Crippen LogP contribution in [0.25, 0.3) is 0 Å². The van der Waals surface area contributed by atoms with Crippen molar-refractivity contribution >= 4 is 11.8 Å². The second-order valence-electron chi connectivity index (χ2n) is 5.23. The molecule has 2 fully saturated rings. The fourth-order valence-corrected chi connectivity index (χ4v) is 3.29. The molecule has 0 amide bonds. The molecule has 0 aromatic carbocycles. The summed E-state index contributed by atoms with van der Waals surface area (Å²) in [6.45, 7) is 2.17. The van der Waals surface area contributed by atoms with Crippen molar-refractivity contribution in [2.75, 3.05) is 25.2 Å². The van der Waals surface area contributed by atoms with Crippen molar-refractivity contribution in [2.45, 2.75) is 56.6 Å². The van der Waals surface area contributed by atoms with Gasteiger partial charge in [0.1, 0.15) is 0 Å². The molecule has 1 heterocycles. The van der Waals surface area contributed by atoms with E-state index in [4.69, 9.17) is 4.74 Å². The van der Waals surface area contributed by atoms with Crippen LogP contribution in [-0.4, -0.2) is 36.8 Å². The Labute approximate surface area is 104 Å². The third kappa shape index (κ3) is 3.38. The van der Waals surface area contributed by atoms with Crippen LogP contribution in [0.2, 0.25) is 0 Å². The summed E-state index contributed by atoms with van der Waals surface area (Å²) in [5.74, 6) is 1.30. The zero-order chi connectivity index (χ0) is 11.3. The Bertz CT molecular complexity index is 206. The summed E-state index contributed by atoms with van der Waals surface area (Å²) >= 11 is 1.95. The van der Waals surface area contributed by atoms with E-state index in [2.05, 4.69) is 11.6 Å². The number of nitrogens with one attached hydrogen (secondary N) is 1. The predicted molar refractivity (Wildman–Crippen MR) is 71.2 cm³/mol. The first-order valence-corrected chi connectivity index (χ1v) is 8.10. The number of unbranched alkanes of at least 4 members (excludes halogenated alkanes) is 1. The van der Waals surface area contributed by atoms with E-state index in [0.717, 1.165) is 12.6 Å². The van der Waals surface area contributed by atoms with Crippen molar-refractivity contribution < 1.29 is 4.74 Å². The van der Waals surface area contributed by atoms with Crippen LogP contribution in [-0.2, 0) is 4.74 Å². The molecule has 1 aliphatic carbocycles. The first-order chi connectivity index (χ1) is 7.85. The summed E-state index contributed by atoms with van der Waals surface area (Å²) in [6, 6.07) is 0.725. The van der Waals surface area contributed by atoms with E-state index in [1.54, 1.807) is 0 Å². The average molecular weight is 243 g/mol. The van der Waals surface area contributed by atoms with E-state index >= 15 is 0 Å². The van der Waals surface area contributed by atoms with Gasteiger partial charge in [0, 0.05) is 12.6 Å². The van der Waals surface area contributed by atoms with Gasteiger partial charge in [0.2, 0.25) is 0 Å². The van der Waals surface area contributed by atoms with Gasteiger partial charge >= 0.3 is 0 Å². The van der Waals surface area contributed by atoms with Crippen molar-refractivity contribution in [2.24, 2.45) is 0 Å². The number of hydrogen-bond acceptors (Lipinski definition) is 3. The predicted octanol–water partition coefficient (Wildman–Crippen LogP) is 2.82. The van der Waals surface area contributed by atoms with Gasteiger partial charge < -0.3 is 10.1 Å². The van der Waals surface area contributed by atoms with Crippen LogP contribution in [0.5, 0.6) is 0 Å². The molecule has 2 aliphatic rings. The Balaban J connectivity index is 1.58. The molecule has 16 heavy (non-hydrogen) atoms. The number of ether oxygens (including phenoxy) is 1. The summed E-state index contributed by atoms with van der Waals surface area (Å²) in [5.41, 5.74) is 0.301. The Kier molecular flexibility index (Phi) is 4.98. The van der Waals surface area contributed by atoms with Crippen LogP contribution in [0.4, 0.5) is 0 Å². The van der Waals surface area contributed by atoms with Gasteiger partial charge in [-0.15, -0.1) is 0 Å². The summed E-state index contributed by atoms with van der Waals surface area (Å²) in [7, 11) is 0. The summed E-state index contributed by atoms with van der Waals surface area (Å²) in [5, 5.41) is 3.71. The average Bonchev–Trinajstić information content (AvgIpc) is 2.27. The Hall–Kier alpha value is 0.270. The molecule has 1 atom stereocenters. The first-order valence-electron chi connectivity index (χ1n) is 6.71. The SMILES string of the molecule is CSCCCCNC1CCOC2(CCC2)C1. The van der Waals surface area contributed by atoms with Crippen molar-refractivity contribution in [3.63, 3.8) is 0 Å². The van der Waals surface area contributed by atoms with Crippen LogP contribution >= 0.6 is 11.8 Å². The molecule has 1 saturated heterocycles. The highest BCUT2D eigenvalue weighted by atomic mass is 32.2. The van der Waals surface area contributed by atoms with Crippen LogP contribution in [0, 0.1) is 0 Å². The molecule has 1 unspecified atom stereocenters. The minimum absolute atomic E-state index is 0.301. The van der Waals surface area contributed by atoms with Crippen molar-refractivity contribution in [3.8, 4) is 0 Å². The lowest BCUT2D eigenvalue weighted by atomic mass is 9.74. The zero-order valence-electron chi connectivity index (χ0n) is 10.5. The lowest BCUT2D eigenvalue weighted by molar-refractivity contribution is -0.135. The highest BCUT2D eigenvalue weighted by Gasteiger charge is 2.42. The molecule has 0 bridgehead atoms. The van der Waals surface area contributed by atoms with Crippen molar-refractivity contribution in [3.05, 3.63) is 0 Å². The second-order valence-corrected chi connectivity index (χ2v) is 6.21. The van der Waals surface area contributed by atoms with E-state index in [-0.39, 0.29) is 0 Å². The first kappa shape index (κ1) is 12.7. The summed E-state index contributed by atoms with van der Waals surface area (Å²) in [6.07, 6.45) is 11.3. The molecule has 1 spiro atoms. The standard InChI is InChI=1S/C13H25NOS/c1-16-10-3-2-8-14-12-5-9-15-13(11-12)6-4-7-13/h12,14H,2-11H2,1H3. The molecule has 1 saturated carbocycles. The van der Waals surface area contributed by atoms with Gasteiger partial charge in [0.15, 0.2) is 0 Å². The molecule has 3 heteroatoms. The number of thioether (sulfide) groups is 1. The third-order valence-corrected chi connectivity index (χ3v) is 4.66. The van der Waals surface area contributed by atoms with Crippen molar-refractivity contribution in [1.29, 1.82) is 0 Å². The fraction of sp³-hybridized carbons (Fsp3) is 1.00. The molecule has 0 radical (unpaired) electrons. The lowest BCUT2D eigenvalue weighted by Gasteiger charge is -2.47. The number of rotatable bonds is 6. The van der Waals surface area contributed by atoms with Gasteiger partial charge in [0.25, 0.3) is 0 Å². The van der Waals surface area contributed by atoms with Crippen LogP contribution in [0.1, 0.15) is 44.9 Å². The molecule has 94 valence electrons. The van der Waals surface area contributed by atoms with Crippen LogP contribution in [0.3, 0.4) is 0 Å². The highest BCUT2D eigenvalue weighted by Crippen LogP contribution is 2.42. The second kappa shape index (κ2) is 6.27. The molecule has 0 aromatic heterocycles. The molecule has 2 nitrogen and oxygen atoms in total. The van der Waals surface area contributed by atoms with Gasteiger partial charge in [-0.25, -0.2) is 0 Å². The molecular weight excluding hydrogens is 218 g/mol. The molecular formula is C13H25NOS. The summed E-state index contributed by atoms with van der Waals surface area (Å²) in [4.78, 5) is 0. The van der Waals surface area contributed by atoms with Crippen molar-refractivity contribution in [1.82, 2.24) is 5.32 Å². The normalized spacial score (nSPS) is 27.9. The molecule has 1 aliphatic heterocycles. The number of hydrogen-bond donors (Lipinski definition) is 1. The smallest absolute Gasteiger partial charge is 0.0697 e. The minimum Gasteiger partial charge on any atom is -0.375 e. The third-order valence-electron chi connectivity index (χ3n) is 3.97. The van der Waals surface area contributed by atoms with Gasteiger partial charge in [-0.3, -0.25) is 0 Å². The largest absolute Gasteiger partial charge is 0.375 e. The van der Waals surface area contributed by atoms with E-state index in [9.17, 15) is 0 Å². The minimum atomic E-state index is 0.301. The van der Waals surface area contributed by atoms with Gasteiger partial charge in [-0.05, 0) is 63.5 Å². The van der Waals surface area contributed by atoms with Crippen LogP contribution in [0.15, 0.2) is 0 Å². The molecule has 2 rings (SSSR count).